The van der Waals surface area contributed by atoms with Crippen molar-refractivity contribution in [3.8, 4) is 0 Å². The molecule has 1 atom stereocenters. The second-order valence-corrected chi connectivity index (χ2v) is 13.8. The van der Waals surface area contributed by atoms with Crippen LogP contribution in [0.25, 0.3) is 10.2 Å². The van der Waals surface area contributed by atoms with E-state index in [1.54, 1.807) is 0 Å². The number of halogens is 1. The standard InChI is InChI=1S/C31H38FN3O4S/c1-31(2)11-8-19(9-12-31)26-23(28(39-35-26)20-6-7-20)17-38-22(14-18-4-3-5-18)10-13-33-30-34-27-24(32)15-21(29(36)37)16-25(27)40-30/h13,15-16,18-20,22H,3-12,14,17H2,1-2H3,(H,36,37)/b33-13+. The molecule has 9 heteroatoms. The molecule has 3 saturated carbocycles. The first-order valence-electron chi connectivity index (χ1n) is 14.7. The Balaban J connectivity index is 1.15. The average molecular weight is 568 g/mol. The monoisotopic (exact) mass is 567 g/mol. The van der Waals surface area contributed by atoms with E-state index in [4.69, 9.17) is 9.26 Å². The van der Waals surface area contributed by atoms with Crippen LogP contribution in [0.5, 0.6) is 0 Å². The van der Waals surface area contributed by atoms with Crippen LogP contribution in [-0.4, -0.2) is 33.5 Å². The van der Waals surface area contributed by atoms with E-state index in [0.717, 1.165) is 49.6 Å². The molecule has 0 spiro atoms. The summed E-state index contributed by atoms with van der Waals surface area (Å²) in [6.07, 6.45) is 14.2. The fourth-order valence-electron chi connectivity index (χ4n) is 6.08. The lowest BCUT2D eigenvalue weighted by molar-refractivity contribution is 0.0194. The Kier molecular flexibility index (Phi) is 7.79. The van der Waals surface area contributed by atoms with Crippen molar-refractivity contribution in [2.75, 3.05) is 0 Å². The van der Waals surface area contributed by atoms with E-state index in [1.165, 1.54) is 55.1 Å². The highest BCUT2D eigenvalue weighted by Crippen LogP contribution is 2.47. The summed E-state index contributed by atoms with van der Waals surface area (Å²) < 4.78 is 27.4. The van der Waals surface area contributed by atoms with E-state index >= 15 is 0 Å². The molecule has 0 radical (unpaired) electrons. The first-order valence-corrected chi connectivity index (χ1v) is 15.5. The number of rotatable bonds is 11. The van der Waals surface area contributed by atoms with Crippen LogP contribution in [-0.2, 0) is 11.3 Å². The number of nitrogens with zero attached hydrogens (tertiary/aromatic N) is 3. The number of hydrogen-bond acceptors (Lipinski definition) is 7. The van der Waals surface area contributed by atoms with Crippen LogP contribution < -0.4 is 0 Å². The predicted molar refractivity (Wildman–Crippen MR) is 153 cm³/mol. The summed E-state index contributed by atoms with van der Waals surface area (Å²) in [5.41, 5.74) is 2.76. The molecule has 3 aliphatic carbocycles. The van der Waals surface area contributed by atoms with E-state index in [0.29, 0.717) is 46.0 Å². The van der Waals surface area contributed by atoms with E-state index in [9.17, 15) is 14.3 Å². The zero-order valence-corrected chi connectivity index (χ0v) is 24.1. The molecule has 0 bridgehead atoms. The smallest absolute Gasteiger partial charge is 0.335 e. The number of aromatic carboxylic acids is 1. The summed E-state index contributed by atoms with van der Waals surface area (Å²) >= 11 is 1.19. The second kappa shape index (κ2) is 11.3. The highest BCUT2D eigenvalue weighted by molar-refractivity contribution is 7.22. The minimum absolute atomic E-state index is 0.0128. The molecule has 2 heterocycles. The van der Waals surface area contributed by atoms with Crippen LogP contribution in [0.4, 0.5) is 9.52 Å². The van der Waals surface area contributed by atoms with Crippen LogP contribution in [0, 0.1) is 17.2 Å². The van der Waals surface area contributed by atoms with Gasteiger partial charge < -0.3 is 14.4 Å². The number of carboxylic acid groups (broad SMARTS) is 1. The van der Waals surface area contributed by atoms with Crippen LogP contribution in [0.1, 0.15) is 124 Å². The zero-order valence-electron chi connectivity index (χ0n) is 23.3. The number of carboxylic acids is 1. The van der Waals surface area contributed by atoms with Crippen molar-refractivity contribution in [1.29, 1.82) is 0 Å². The van der Waals surface area contributed by atoms with Crippen LogP contribution in [0.15, 0.2) is 21.6 Å². The normalized spacial score (nSPS) is 20.8. The van der Waals surface area contributed by atoms with Gasteiger partial charge >= 0.3 is 5.97 Å². The largest absolute Gasteiger partial charge is 0.478 e. The van der Waals surface area contributed by atoms with Gasteiger partial charge in [-0.15, -0.1) is 0 Å². The Labute approximate surface area is 238 Å². The fourth-order valence-corrected chi connectivity index (χ4v) is 6.96. The second-order valence-electron chi connectivity index (χ2n) is 12.7. The third-order valence-corrected chi connectivity index (χ3v) is 9.97. The molecule has 3 aliphatic rings. The number of hydrogen-bond donors (Lipinski definition) is 1. The quantitative estimate of drug-likeness (QED) is 0.233. The zero-order chi connectivity index (χ0) is 27.9. The number of benzene rings is 1. The van der Waals surface area contributed by atoms with Gasteiger partial charge in [-0.05, 0) is 68.4 Å². The van der Waals surface area contributed by atoms with Gasteiger partial charge in [0, 0.05) is 30.0 Å². The molecule has 3 aromatic rings. The van der Waals surface area contributed by atoms with Crippen molar-refractivity contribution >= 4 is 38.9 Å². The predicted octanol–water partition coefficient (Wildman–Crippen LogP) is 8.55. The fraction of sp³-hybridized carbons (Fsp3) is 0.613. The number of aromatic nitrogens is 2. The number of fused-ring (bicyclic) bond motifs is 1. The minimum Gasteiger partial charge on any atom is -0.478 e. The van der Waals surface area contributed by atoms with Gasteiger partial charge in [0.25, 0.3) is 0 Å². The van der Waals surface area contributed by atoms with Gasteiger partial charge in [0.1, 0.15) is 11.3 Å². The van der Waals surface area contributed by atoms with Crippen molar-refractivity contribution in [3.05, 3.63) is 40.5 Å². The molecular weight excluding hydrogens is 529 g/mol. The molecule has 1 N–H and O–H groups in total. The van der Waals surface area contributed by atoms with Crippen molar-refractivity contribution in [3.63, 3.8) is 0 Å². The third-order valence-electron chi connectivity index (χ3n) is 9.06. The maximum absolute atomic E-state index is 14.4. The van der Waals surface area contributed by atoms with Crippen molar-refractivity contribution in [1.82, 2.24) is 10.1 Å². The molecule has 40 heavy (non-hydrogen) atoms. The summed E-state index contributed by atoms with van der Waals surface area (Å²) in [7, 11) is 0. The van der Waals surface area contributed by atoms with Gasteiger partial charge in [0.05, 0.1) is 28.7 Å². The topological polar surface area (TPSA) is 97.8 Å². The number of aliphatic imine (C=N–C) groups is 1. The SMILES string of the molecule is CC1(C)CCC(c2noc(C3CC3)c2COC(C/C=N/c2nc3c(F)cc(C(=O)O)cc3s2)CC2CCC2)CC1. The maximum atomic E-state index is 14.4. The van der Waals surface area contributed by atoms with Crippen LogP contribution in [0.3, 0.4) is 0 Å². The van der Waals surface area contributed by atoms with E-state index in [2.05, 4.69) is 29.0 Å². The molecule has 1 aromatic carbocycles. The van der Waals surface area contributed by atoms with E-state index in [1.807, 2.05) is 6.21 Å². The molecule has 0 aliphatic heterocycles. The lowest BCUT2D eigenvalue weighted by Gasteiger charge is -2.34. The van der Waals surface area contributed by atoms with Crippen molar-refractivity contribution in [2.45, 2.75) is 109 Å². The number of carbonyl (C=O) groups is 1. The summed E-state index contributed by atoms with van der Waals surface area (Å²) in [4.78, 5) is 20.1. The summed E-state index contributed by atoms with van der Waals surface area (Å²) in [6, 6.07) is 2.45. The molecule has 6 rings (SSSR count). The van der Waals surface area contributed by atoms with E-state index in [-0.39, 0.29) is 17.2 Å². The molecule has 2 aromatic heterocycles. The average Bonchev–Trinajstić information content (AvgIpc) is 3.51. The maximum Gasteiger partial charge on any atom is 0.335 e. The highest BCUT2D eigenvalue weighted by atomic mass is 32.1. The Morgan fingerprint density at radius 2 is 2.00 bits per heavy atom. The lowest BCUT2D eigenvalue weighted by Crippen LogP contribution is -2.23. The molecule has 1 unspecified atom stereocenters. The van der Waals surface area contributed by atoms with Gasteiger partial charge in [-0.1, -0.05) is 49.6 Å². The third kappa shape index (κ3) is 6.15. The van der Waals surface area contributed by atoms with Gasteiger partial charge in [0.2, 0.25) is 5.13 Å². The molecule has 3 fully saturated rings. The molecule has 7 nitrogen and oxygen atoms in total. The molecule has 0 amide bonds. The molecule has 214 valence electrons. The summed E-state index contributed by atoms with van der Waals surface area (Å²) in [5, 5.41) is 14.2. The first kappa shape index (κ1) is 27.5. The van der Waals surface area contributed by atoms with Crippen molar-refractivity contribution < 1.29 is 23.6 Å². The highest BCUT2D eigenvalue weighted by Gasteiger charge is 2.36. The summed E-state index contributed by atoms with van der Waals surface area (Å²) in [6.45, 7) is 5.23. The number of ether oxygens (including phenoxy) is 1. The summed E-state index contributed by atoms with van der Waals surface area (Å²) in [5.74, 6) is 0.825. The van der Waals surface area contributed by atoms with Gasteiger partial charge in [-0.2, -0.15) is 0 Å². The lowest BCUT2D eigenvalue weighted by atomic mass is 9.72. The van der Waals surface area contributed by atoms with Crippen molar-refractivity contribution in [2.24, 2.45) is 16.3 Å². The van der Waals surface area contributed by atoms with Gasteiger partial charge in [-0.25, -0.2) is 19.2 Å². The van der Waals surface area contributed by atoms with Crippen LogP contribution >= 0.6 is 11.3 Å². The Hall–Kier alpha value is -2.65. The van der Waals surface area contributed by atoms with Gasteiger partial charge in [-0.3, -0.25) is 0 Å². The van der Waals surface area contributed by atoms with E-state index < -0.39 is 11.8 Å². The minimum atomic E-state index is -1.16. The molecule has 0 saturated heterocycles. The number of thiazole rings is 1. The molecular formula is C31H38FN3O4S. The Bertz CT molecular complexity index is 1390. The Morgan fingerprint density at radius 1 is 1.23 bits per heavy atom. The first-order chi connectivity index (χ1) is 19.3. The van der Waals surface area contributed by atoms with Crippen LogP contribution in [0.2, 0.25) is 0 Å². The Morgan fingerprint density at radius 3 is 2.67 bits per heavy atom. The van der Waals surface area contributed by atoms with Gasteiger partial charge in [0.15, 0.2) is 5.82 Å².